The van der Waals surface area contributed by atoms with Gasteiger partial charge in [0.2, 0.25) is 0 Å². The minimum atomic E-state index is 0.463. The van der Waals surface area contributed by atoms with Crippen molar-refractivity contribution in [3.8, 4) is 0 Å². The molecule has 13 heavy (non-hydrogen) atoms. The summed E-state index contributed by atoms with van der Waals surface area (Å²) in [6.07, 6.45) is 8.47. The lowest BCUT2D eigenvalue weighted by atomic mass is 9.94. The Labute approximate surface area is 82.3 Å². The van der Waals surface area contributed by atoms with E-state index in [2.05, 4.69) is 26.1 Å². The van der Waals surface area contributed by atoms with E-state index in [9.17, 15) is 0 Å². The van der Waals surface area contributed by atoms with Gasteiger partial charge in [0.15, 0.2) is 0 Å². The second kappa shape index (κ2) is 2.98. The van der Waals surface area contributed by atoms with Gasteiger partial charge < -0.3 is 5.32 Å². The first-order chi connectivity index (χ1) is 6.04. The number of rotatable bonds is 3. The largest absolute Gasteiger partial charge is 0.309 e. The van der Waals surface area contributed by atoms with Crippen LogP contribution in [0.4, 0.5) is 0 Å². The van der Waals surface area contributed by atoms with Crippen molar-refractivity contribution < 1.29 is 0 Å². The molecule has 1 heteroatoms. The third-order valence-electron chi connectivity index (χ3n) is 4.36. The van der Waals surface area contributed by atoms with Gasteiger partial charge in [0.25, 0.3) is 0 Å². The third kappa shape index (κ3) is 1.90. The average molecular weight is 181 g/mol. The highest BCUT2D eigenvalue weighted by atomic mass is 15.0. The summed E-state index contributed by atoms with van der Waals surface area (Å²) in [5.41, 5.74) is 1.09. The van der Waals surface area contributed by atoms with E-state index >= 15 is 0 Å². The van der Waals surface area contributed by atoms with Crippen LogP contribution in [0.2, 0.25) is 0 Å². The van der Waals surface area contributed by atoms with Crippen molar-refractivity contribution in [3.63, 3.8) is 0 Å². The fourth-order valence-electron chi connectivity index (χ4n) is 2.63. The molecule has 76 valence electrons. The first kappa shape index (κ1) is 9.51. The van der Waals surface area contributed by atoms with Crippen molar-refractivity contribution in [3.05, 3.63) is 0 Å². The maximum atomic E-state index is 3.86. The SMILES string of the molecule is CC(NC1(C)CCCC1)C1(C)CC1. The van der Waals surface area contributed by atoms with E-state index in [4.69, 9.17) is 0 Å². The van der Waals surface area contributed by atoms with E-state index in [1.807, 2.05) is 0 Å². The molecule has 2 saturated carbocycles. The molecule has 2 aliphatic rings. The van der Waals surface area contributed by atoms with Crippen LogP contribution in [-0.4, -0.2) is 11.6 Å². The molecule has 1 nitrogen and oxygen atoms in total. The van der Waals surface area contributed by atoms with Crippen LogP contribution in [0, 0.1) is 5.41 Å². The highest BCUT2D eigenvalue weighted by molar-refractivity contribution is 5.01. The molecule has 0 saturated heterocycles. The predicted octanol–water partition coefficient (Wildman–Crippen LogP) is 3.10. The molecular formula is C12H23N. The van der Waals surface area contributed by atoms with Crippen molar-refractivity contribution in [2.24, 2.45) is 5.41 Å². The Hall–Kier alpha value is -0.0400. The smallest absolute Gasteiger partial charge is 0.0156 e. The van der Waals surface area contributed by atoms with Gasteiger partial charge in [0.1, 0.15) is 0 Å². The quantitative estimate of drug-likeness (QED) is 0.705. The van der Waals surface area contributed by atoms with E-state index in [1.165, 1.54) is 38.5 Å². The van der Waals surface area contributed by atoms with Crippen LogP contribution in [0.15, 0.2) is 0 Å². The normalized spacial score (nSPS) is 31.6. The topological polar surface area (TPSA) is 12.0 Å². The number of nitrogens with one attached hydrogen (secondary N) is 1. The Kier molecular flexibility index (Phi) is 2.18. The van der Waals surface area contributed by atoms with E-state index in [1.54, 1.807) is 0 Å². The zero-order valence-electron chi connectivity index (χ0n) is 9.32. The van der Waals surface area contributed by atoms with Crippen LogP contribution in [0.25, 0.3) is 0 Å². The van der Waals surface area contributed by atoms with E-state index in [0.29, 0.717) is 11.0 Å². The zero-order chi connectivity index (χ0) is 9.53. The van der Waals surface area contributed by atoms with Gasteiger partial charge in [0, 0.05) is 11.6 Å². The lowest BCUT2D eigenvalue weighted by Gasteiger charge is -2.33. The van der Waals surface area contributed by atoms with E-state index < -0.39 is 0 Å². The summed E-state index contributed by atoms with van der Waals surface area (Å²) in [6, 6.07) is 0.718. The Bertz CT molecular complexity index is 187. The van der Waals surface area contributed by atoms with Crippen LogP contribution in [0.1, 0.15) is 59.3 Å². The molecule has 0 spiro atoms. The summed E-state index contributed by atoms with van der Waals surface area (Å²) in [4.78, 5) is 0. The van der Waals surface area contributed by atoms with Gasteiger partial charge in [-0.1, -0.05) is 19.8 Å². The average Bonchev–Trinajstić information content (AvgIpc) is 2.67. The van der Waals surface area contributed by atoms with Gasteiger partial charge in [-0.3, -0.25) is 0 Å². The standard InChI is InChI=1S/C12H23N/c1-10(11(2)8-9-11)13-12(3)6-4-5-7-12/h10,13H,4-9H2,1-3H3. The molecule has 1 N–H and O–H groups in total. The van der Waals surface area contributed by atoms with Gasteiger partial charge in [-0.25, -0.2) is 0 Å². The maximum absolute atomic E-state index is 3.86. The highest BCUT2D eigenvalue weighted by Gasteiger charge is 2.44. The fraction of sp³-hybridized carbons (Fsp3) is 1.00. The lowest BCUT2D eigenvalue weighted by molar-refractivity contribution is 0.265. The molecule has 0 aromatic carbocycles. The highest BCUT2D eigenvalue weighted by Crippen LogP contribution is 2.49. The van der Waals surface area contributed by atoms with Crippen LogP contribution < -0.4 is 5.32 Å². The van der Waals surface area contributed by atoms with Crippen LogP contribution in [-0.2, 0) is 0 Å². The molecule has 0 heterocycles. The van der Waals surface area contributed by atoms with Gasteiger partial charge >= 0.3 is 0 Å². The minimum absolute atomic E-state index is 0.463. The Morgan fingerprint density at radius 1 is 1.00 bits per heavy atom. The molecule has 2 aliphatic carbocycles. The monoisotopic (exact) mass is 181 g/mol. The molecule has 0 aromatic heterocycles. The Morgan fingerprint density at radius 3 is 2.00 bits per heavy atom. The van der Waals surface area contributed by atoms with Gasteiger partial charge in [-0.15, -0.1) is 0 Å². The first-order valence-corrected chi connectivity index (χ1v) is 5.82. The first-order valence-electron chi connectivity index (χ1n) is 5.82. The Balaban J connectivity index is 1.89. The van der Waals surface area contributed by atoms with Crippen molar-refractivity contribution >= 4 is 0 Å². The van der Waals surface area contributed by atoms with Crippen LogP contribution >= 0.6 is 0 Å². The number of hydrogen-bond acceptors (Lipinski definition) is 1. The summed E-state index contributed by atoms with van der Waals surface area (Å²) in [5, 5.41) is 3.86. The third-order valence-corrected chi connectivity index (χ3v) is 4.36. The molecule has 0 bridgehead atoms. The Morgan fingerprint density at radius 2 is 1.54 bits per heavy atom. The van der Waals surface area contributed by atoms with Crippen LogP contribution in [0.3, 0.4) is 0 Å². The van der Waals surface area contributed by atoms with Crippen molar-refractivity contribution in [2.45, 2.75) is 70.9 Å². The van der Waals surface area contributed by atoms with Crippen LogP contribution in [0.5, 0.6) is 0 Å². The molecule has 0 radical (unpaired) electrons. The molecule has 0 aliphatic heterocycles. The van der Waals surface area contributed by atoms with Crippen molar-refractivity contribution in [1.82, 2.24) is 5.32 Å². The van der Waals surface area contributed by atoms with Gasteiger partial charge in [-0.05, 0) is 44.9 Å². The van der Waals surface area contributed by atoms with Crippen molar-refractivity contribution in [2.75, 3.05) is 0 Å². The molecule has 2 rings (SSSR count). The van der Waals surface area contributed by atoms with E-state index in [0.717, 1.165) is 6.04 Å². The molecule has 0 aromatic rings. The zero-order valence-corrected chi connectivity index (χ0v) is 9.32. The van der Waals surface area contributed by atoms with Crippen molar-refractivity contribution in [1.29, 1.82) is 0 Å². The second-order valence-electron chi connectivity index (χ2n) is 5.79. The predicted molar refractivity (Wildman–Crippen MR) is 56.8 cm³/mol. The summed E-state index contributed by atoms with van der Waals surface area (Å²) in [7, 11) is 0. The second-order valence-corrected chi connectivity index (χ2v) is 5.79. The summed E-state index contributed by atoms with van der Waals surface area (Å²) < 4.78 is 0. The fourth-order valence-corrected chi connectivity index (χ4v) is 2.63. The summed E-state index contributed by atoms with van der Waals surface area (Å²) >= 11 is 0. The van der Waals surface area contributed by atoms with E-state index in [-0.39, 0.29) is 0 Å². The molecular weight excluding hydrogens is 158 g/mol. The lowest BCUT2D eigenvalue weighted by Crippen LogP contribution is -2.48. The van der Waals surface area contributed by atoms with Gasteiger partial charge in [0.05, 0.1) is 0 Å². The molecule has 1 unspecified atom stereocenters. The number of hydrogen-bond donors (Lipinski definition) is 1. The minimum Gasteiger partial charge on any atom is -0.309 e. The summed E-state index contributed by atoms with van der Waals surface area (Å²) in [5.74, 6) is 0. The molecule has 1 atom stereocenters. The van der Waals surface area contributed by atoms with Gasteiger partial charge in [-0.2, -0.15) is 0 Å². The molecule has 2 fully saturated rings. The maximum Gasteiger partial charge on any atom is 0.0156 e. The summed E-state index contributed by atoms with van der Waals surface area (Å²) in [6.45, 7) is 7.20. The molecule has 0 amide bonds.